The first-order chi connectivity index (χ1) is 10.0. The van der Waals surface area contributed by atoms with Crippen LogP contribution in [0.2, 0.25) is 0 Å². The summed E-state index contributed by atoms with van der Waals surface area (Å²) in [6.45, 7) is 0.276. The number of nitrogens with one attached hydrogen (secondary N) is 2. The van der Waals surface area contributed by atoms with Gasteiger partial charge in [-0.05, 0) is 35.9 Å². The molecule has 1 aliphatic heterocycles. The van der Waals surface area contributed by atoms with Crippen molar-refractivity contribution in [3.05, 3.63) is 54.1 Å². The fraction of sp³-hybridized carbons (Fsp3) is 0.0769. The number of fused-ring (bicyclic) bond motifs is 1. The van der Waals surface area contributed by atoms with Crippen molar-refractivity contribution in [3.63, 3.8) is 0 Å². The summed E-state index contributed by atoms with van der Waals surface area (Å²) in [6, 6.07) is 6.97. The number of rotatable bonds is 2. The third-order valence-corrected chi connectivity index (χ3v) is 4.28. The number of hydrogen-bond donors (Lipinski definition) is 2. The molecule has 108 valence electrons. The van der Waals surface area contributed by atoms with Crippen molar-refractivity contribution in [3.8, 4) is 0 Å². The van der Waals surface area contributed by atoms with Gasteiger partial charge in [-0.2, -0.15) is 0 Å². The summed E-state index contributed by atoms with van der Waals surface area (Å²) in [7, 11) is -3.73. The van der Waals surface area contributed by atoms with E-state index in [1.807, 2.05) is 0 Å². The summed E-state index contributed by atoms with van der Waals surface area (Å²) in [5, 5.41) is 2.77. The molecule has 3 rings (SSSR count). The Morgan fingerprint density at radius 2 is 1.95 bits per heavy atom. The molecule has 0 atom stereocenters. The van der Waals surface area contributed by atoms with Crippen LogP contribution >= 0.6 is 0 Å². The highest BCUT2D eigenvalue weighted by Crippen LogP contribution is 2.25. The lowest BCUT2D eigenvalue weighted by molar-refractivity contribution is 0.590. The van der Waals surface area contributed by atoms with E-state index in [0.29, 0.717) is 0 Å². The second-order valence-electron chi connectivity index (χ2n) is 4.39. The Morgan fingerprint density at radius 3 is 2.71 bits per heavy atom. The van der Waals surface area contributed by atoms with Gasteiger partial charge in [-0.3, -0.25) is 4.98 Å². The monoisotopic (exact) mass is 306 g/mol. The minimum Gasteiger partial charge on any atom is -0.324 e. The van der Waals surface area contributed by atoms with E-state index in [-0.39, 0.29) is 23.1 Å². The Hall–Kier alpha value is -2.48. The highest BCUT2D eigenvalue weighted by atomic mass is 32.2. The number of nitrogens with zero attached hydrogens (tertiary/aromatic N) is 2. The third kappa shape index (κ3) is 2.84. The van der Waals surface area contributed by atoms with E-state index >= 15 is 0 Å². The predicted octanol–water partition coefficient (Wildman–Crippen LogP) is 1.48. The maximum absolute atomic E-state index is 13.2. The summed E-state index contributed by atoms with van der Waals surface area (Å²) in [5.41, 5.74) is 1.05. The van der Waals surface area contributed by atoms with Gasteiger partial charge in [0.25, 0.3) is 10.0 Å². The van der Waals surface area contributed by atoms with Crippen molar-refractivity contribution in [2.75, 3.05) is 5.32 Å². The topological polar surface area (TPSA) is 83.5 Å². The average Bonchev–Trinajstić information content (AvgIpc) is 2.45. The molecule has 0 saturated heterocycles. The molecule has 8 heteroatoms. The van der Waals surface area contributed by atoms with Crippen molar-refractivity contribution >= 4 is 21.7 Å². The van der Waals surface area contributed by atoms with E-state index in [9.17, 15) is 12.8 Å². The quantitative estimate of drug-likeness (QED) is 0.880. The van der Waals surface area contributed by atoms with Gasteiger partial charge in [-0.1, -0.05) is 0 Å². The van der Waals surface area contributed by atoms with Crippen molar-refractivity contribution in [1.82, 2.24) is 9.71 Å². The fourth-order valence-corrected chi connectivity index (χ4v) is 3.03. The fourth-order valence-electron chi connectivity index (χ4n) is 1.90. The molecule has 0 spiro atoms. The Kier molecular flexibility index (Phi) is 3.30. The molecule has 21 heavy (non-hydrogen) atoms. The smallest absolute Gasteiger partial charge is 0.266 e. The van der Waals surface area contributed by atoms with Crippen LogP contribution < -0.4 is 10.0 Å². The molecule has 0 aliphatic carbocycles. The van der Waals surface area contributed by atoms with Gasteiger partial charge < -0.3 is 5.32 Å². The van der Waals surface area contributed by atoms with E-state index < -0.39 is 15.8 Å². The molecule has 1 aliphatic rings. The zero-order valence-corrected chi connectivity index (χ0v) is 11.6. The number of halogens is 1. The van der Waals surface area contributed by atoms with Gasteiger partial charge >= 0.3 is 0 Å². The highest BCUT2D eigenvalue weighted by molar-refractivity contribution is 7.90. The Morgan fingerprint density at radius 1 is 1.19 bits per heavy atom. The first-order valence-electron chi connectivity index (χ1n) is 6.07. The standard InChI is InChI=1S/C13H11FN4O2S/c14-10-1-2-12-11(7-10)17-13(18-21(12,19)20)16-8-9-3-5-15-6-4-9/h1-7H,8H2,(H2,16,17,18). The number of benzene rings is 1. The van der Waals surface area contributed by atoms with Crippen LogP contribution in [0.5, 0.6) is 0 Å². The predicted molar refractivity (Wildman–Crippen MR) is 75.7 cm³/mol. The molecule has 0 saturated carbocycles. The lowest BCUT2D eigenvalue weighted by Crippen LogP contribution is -2.40. The van der Waals surface area contributed by atoms with Gasteiger partial charge in [0.15, 0.2) is 0 Å². The van der Waals surface area contributed by atoms with Crippen LogP contribution in [0.1, 0.15) is 5.56 Å². The highest BCUT2D eigenvalue weighted by Gasteiger charge is 2.26. The first-order valence-corrected chi connectivity index (χ1v) is 7.56. The van der Waals surface area contributed by atoms with Crippen molar-refractivity contribution < 1.29 is 12.8 Å². The maximum atomic E-state index is 13.2. The minimum atomic E-state index is -3.73. The van der Waals surface area contributed by atoms with Crippen LogP contribution in [-0.4, -0.2) is 19.4 Å². The van der Waals surface area contributed by atoms with Gasteiger partial charge in [0.2, 0.25) is 5.96 Å². The summed E-state index contributed by atoms with van der Waals surface area (Å²) in [4.78, 5) is 8.02. The van der Waals surface area contributed by atoms with E-state index in [2.05, 4.69) is 20.0 Å². The van der Waals surface area contributed by atoms with E-state index in [0.717, 1.165) is 17.7 Å². The molecule has 0 bridgehead atoms. The largest absolute Gasteiger partial charge is 0.324 e. The molecule has 0 amide bonds. The van der Waals surface area contributed by atoms with Crippen LogP contribution in [0.4, 0.5) is 10.1 Å². The van der Waals surface area contributed by atoms with Gasteiger partial charge in [0.1, 0.15) is 10.7 Å². The first kappa shape index (κ1) is 13.5. The number of anilines is 1. The summed E-state index contributed by atoms with van der Waals surface area (Å²) < 4.78 is 39.6. The Balaban J connectivity index is 1.90. The van der Waals surface area contributed by atoms with E-state index in [4.69, 9.17) is 0 Å². The average molecular weight is 306 g/mol. The molecular weight excluding hydrogens is 295 g/mol. The molecule has 0 fully saturated rings. The number of aromatic nitrogens is 1. The number of aliphatic imine (C=N–C) groups is 1. The molecular formula is C13H11FN4O2S. The van der Waals surface area contributed by atoms with Crippen LogP contribution in [-0.2, 0) is 16.6 Å². The summed E-state index contributed by atoms with van der Waals surface area (Å²) >= 11 is 0. The van der Waals surface area contributed by atoms with E-state index in [1.54, 1.807) is 24.5 Å². The molecule has 6 nitrogen and oxygen atoms in total. The number of sulfonamides is 1. The summed E-state index contributed by atoms with van der Waals surface area (Å²) in [6.07, 6.45) is 3.25. The van der Waals surface area contributed by atoms with Gasteiger partial charge in [-0.25, -0.2) is 22.5 Å². The van der Waals surface area contributed by atoms with Gasteiger partial charge in [0.05, 0.1) is 12.2 Å². The molecule has 2 N–H and O–H groups in total. The summed E-state index contributed by atoms with van der Waals surface area (Å²) in [5.74, 6) is -0.461. The minimum absolute atomic E-state index is 0.00763. The molecule has 2 aromatic rings. The van der Waals surface area contributed by atoms with Crippen molar-refractivity contribution in [2.45, 2.75) is 11.4 Å². The lowest BCUT2D eigenvalue weighted by Gasteiger charge is -2.21. The maximum Gasteiger partial charge on any atom is 0.266 e. The van der Waals surface area contributed by atoms with Crippen LogP contribution in [0, 0.1) is 5.82 Å². The number of hydrogen-bond acceptors (Lipinski definition) is 4. The lowest BCUT2D eigenvalue weighted by atomic mass is 10.3. The molecule has 1 aromatic carbocycles. The second kappa shape index (κ2) is 5.13. The second-order valence-corrected chi connectivity index (χ2v) is 6.04. The zero-order chi connectivity index (χ0) is 14.9. The number of guanidine groups is 1. The molecule has 0 unspecified atom stereocenters. The van der Waals surface area contributed by atoms with Crippen LogP contribution in [0.25, 0.3) is 0 Å². The zero-order valence-electron chi connectivity index (χ0n) is 10.7. The van der Waals surface area contributed by atoms with E-state index in [1.165, 1.54) is 6.07 Å². The molecule has 0 radical (unpaired) electrons. The normalized spacial score (nSPS) is 17.7. The third-order valence-electron chi connectivity index (χ3n) is 2.88. The molecule has 2 heterocycles. The van der Waals surface area contributed by atoms with Crippen LogP contribution in [0.3, 0.4) is 0 Å². The Bertz CT molecular complexity index is 806. The van der Waals surface area contributed by atoms with Gasteiger partial charge in [0, 0.05) is 12.4 Å². The van der Waals surface area contributed by atoms with Crippen molar-refractivity contribution in [2.24, 2.45) is 4.99 Å². The van der Waals surface area contributed by atoms with Gasteiger partial charge in [-0.15, -0.1) is 0 Å². The van der Waals surface area contributed by atoms with Crippen LogP contribution in [0.15, 0.2) is 52.6 Å². The van der Waals surface area contributed by atoms with Crippen molar-refractivity contribution in [1.29, 1.82) is 0 Å². The Labute approximate surface area is 120 Å². The number of pyridine rings is 1. The molecule has 1 aromatic heterocycles. The SMILES string of the molecule is O=S1(=O)NC(=NCc2ccncc2)Nc2cc(F)ccc21.